The van der Waals surface area contributed by atoms with Crippen molar-refractivity contribution in [3.63, 3.8) is 0 Å². The molecule has 0 saturated heterocycles. The first-order chi connectivity index (χ1) is 8.81. The molecule has 1 unspecified atom stereocenters. The Balaban J connectivity index is 0.00000361. The number of amides is 1. The van der Waals surface area contributed by atoms with E-state index in [4.69, 9.17) is 0 Å². The van der Waals surface area contributed by atoms with Crippen molar-refractivity contribution in [1.82, 2.24) is 5.32 Å². The quantitative estimate of drug-likeness (QED) is 0.842. The van der Waals surface area contributed by atoms with E-state index in [0.717, 1.165) is 32.1 Å². The van der Waals surface area contributed by atoms with Gasteiger partial charge in [-0.3, -0.25) is 0 Å². The molecule has 0 aromatic carbocycles. The maximum atomic E-state index is 11.9. The lowest BCUT2D eigenvalue weighted by atomic mass is 9.78. The Morgan fingerprint density at radius 2 is 1.95 bits per heavy atom. The summed E-state index contributed by atoms with van der Waals surface area (Å²) in [4.78, 5) is 11.2. The summed E-state index contributed by atoms with van der Waals surface area (Å²) in [6.45, 7) is 2.85. The summed E-state index contributed by atoms with van der Waals surface area (Å²) in [7, 11) is 0. The lowest BCUT2D eigenvalue weighted by molar-refractivity contribution is -0.160. The van der Waals surface area contributed by atoms with Crippen LogP contribution in [0.4, 0.5) is 18.0 Å². The second-order valence-corrected chi connectivity index (χ2v) is 5.33. The van der Waals surface area contributed by atoms with Crippen molar-refractivity contribution in [1.29, 1.82) is 0 Å². The van der Waals surface area contributed by atoms with Crippen LogP contribution in [0, 0.1) is 11.8 Å². The molecule has 0 aliphatic heterocycles. The fourth-order valence-electron chi connectivity index (χ4n) is 2.52. The van der Waals surface area contributed by atoms with E-state index in [2.05, 4.69) is 23.9 Å². The fourth-order valence-corrected chi connectivity index (χ4v) is 2.52. The molecule has 0 heterocycles. The van der Waals surface area contributed by atoms with Crippen LogP contribution in [0.2, 0.25) is 0 Å². The number of halogens is 3. The third kappa shape index (κ3) is 6.16. The van der Waals surface area contributed by atoms with Gasteiger partial charge in [-0.05, 0) is 37.5 Å². The number of carbonyl (C=O) groups is 1. The van der Waals surface area contributed by atoms with Gasteiger partial charge < -0.3 is 10.1 Å². The summed E-state index contributed by atoms with van der Waals surface area (Å²) >= 11 is 0. The molecule has 19 heavy (non-hydrogen) atoms. The smallest absolute Gasteiger partial charge is 0.422 e. The molecule has 6 heteroatoms. The van der Waals surface area contributed by atoms with E-state index in [1.54, 1.807) is 0 Å². The topological polar surface area (TPSA) is 38.3 Å². The van der Waals surface area contributed by atoms with Crippen LogP contribution in [0.5, 0.6) is 0 Å². The Labute approximate surface area is 113 Å². The maximum absolute atomic E-state index is 11.9. The summed E-state index contributed by atoms with van der Waals surface area (Å²) in [5, 5.41) is 2.51. The van der Waals surface area contributed by atoms with Gasteiger partial charge in [0.15, 0.2) is 6.61 Å². The van der Waals surface area contributed by atoms with Gasteiger partial charge in [-0.1, -0.05) is 20.3 Å². The molecule has 1 aliphatic rings. The van der Waals surface area contributed by atoms with Crippen LogP contribution in [0.15, 0.2) is 0 Å². The van der Waals surface area contributed by atoms with Crippen LogP contribution >= 0.6 is 0 Å². The molecule has 114 valence electrons. The second-order valence-electron chi connectivity index (χ2n) is 5.33. The highest BCUT2D eigenvalue weighted by Gasteiger charge is 2.30. The van der Waals surface area contributed by atoms with Gasteiger partial charge in [-0.15, -0.1) is 0 Å². The Morgan fingerprint density at radius 1 is 1.37 bits per heavy atom. The zero-order valence-corrected chi connectivity index (χ0v) is 11.4. The monoisotopic (exact) mass is 283 g/mol. The number of hydrogen-bond donors (Lipinski definition) is 1. The minimum Gasteiger partial charge on any atom is -0.440 e. The molecule has 0 spiro atoms. The summed E-state index contributed by atoms with van der Waals surface area (Å²) < 4.78 is 39.7. The first-order valence-corrected chi connectivity index (χ1v) is 6.82. The Morgan fingerprint density at radius 3 is 2.42 bits per heavy atom. The number of hydrogen-bond acceptors (Lipinski definition) is 2. The van der Waals surface area contributed by atoms with Crippen molar-refractivity contribution >= 4 is 6.09 Å². The summed E-state index contributed by atoms with van der Waals surface area (Å²) in [5.74, 6) is 1.33. The number of rotatable bonds is 4. The number of carbonyl (C=O) groups excluding carboxylic acids is 1. The minimum atomic E-state index is -4.47. The van der Waals surface area contributed by atoms with Gasteiger partial charge in [-0.25, -0.2) is 4.79 Å². The van der Waals surface area contributed by atoms with Gasteiger partial charge >= 0.3 is 12.3 Å². The maximum Gasteiger partial charge on any atom is 0.422 e. The lowest BCUT2D eigenvalue weighted by Gasteiger charge is -2.32. The van der Waals surface area contributed by atoms with Crippen LogP contribution in [0.25, 0.3) is 0 Å². The molecule has 0 aromatic rings. The highest BCUT2D eigenvalue weighted by molar-refractivity contribution is 5.67. The highest BCUT2D eigenvalue weighted by Crippen LogP contribution is 2.31. The van der Waals surface area contributed by atoms with Gasteiger partial charge in [0.1, 0.15) is 0 Å². The fraction of sp³-hybridized carbons (Fsp3) is 0.923. The average molecular weight is 283 g/mol. The normalized spacial score (nSPS) is 25.7. The van der Waals surface area contributed by atoms with Crippen molar-refractivity contribution in [3.8, 4) is 0 Å². The molecule has 1 amide bonds. The van der Waals surface area contributed by atoms with E-state index in [0.29, 0.717) is 11.8 Å². The van der Waals surface area contributed by atoms with Crippen LogP contribution < -0.4 is 5.32 Å². The third-order valence-corrected chi connectivity index (χ3v) is 3.91. The molecule has 3 nitrogen and oxygen atoms in total. The summed E-state index contributed by atoms with van der Waals surface area (Å²) in [6.07, 6.45) is -0.642. The van der Waals surface area contributed by atoms with E-state index in [1.807, 2.05) is 0 Å². The Kier molecular flexibility index (Phi) is 5.94. The molecule has 1 atom stereocenters. The molecule has 0 bridgehead atoms. The molecule has 1 fully saturated rings. The number of nitrogens with one attached hydrogen (secondary N) is 1. The largest absolute Gasteiger partial charge is 0.440 e. The number of ether oxygens (including phenoxy) is 1. The predicted molar refractivity (Wildman–Crippen MR) is 67.9 cm³/mol. The van der Waals surface area contributed by atoms with Gasteiger partial charge in [-0.2, -0.15) is 13.2 Å². The first-order valence-electron chi connectivity index (χ1n) is 6.82. The van der Waals surface area contributed by atoms with E-state index >= 15 is 0 Å². The van der Waals surface area contributed by atoms with Gasteiger partial charge in [0.2, 0.25) is 0 Å². The number of alkyl halides is 3. The lowest BCUT2D eigenvalue weighted by Crippen LogP contribution is -2.39. The Hall–Kier alpha value is -0.940. The van der Waals surface area contributed by atoms with E-state index in [9.17, 15) is 18.0 Å². The zero-order chi connectivity index (χ0) is 14.5. The van der Waals surface area contributed by atoms with Crippen LogP contribution in [0.3, 0.4) is 0 Å². The number of alkyl carbamates (subject to hydrolysis) is 1. The van der Waals surface area contributed by atoms with Crippen LogP contribution in [-0.4, -0.2) is 24.9 Å². The molecule has 1 N–H and O–H groups in total. The van der Waals surface area contributed by atoms with Crippen molar-refractivity contribution in [2.24, 2.45) is 11.8 Å². The molecule has 0 radical (unpaired) electrons. The van der Waals surface area contributed by atoms with Crippen molar-refractivity contribution < 1.29 is 24.1 Å². The van der Waals surface area contributed by atoms with E-state index in [-0.39, 0.29) is 7.47 Å². The van der Waals surface area contributed by atoms with Crippen molar-refractivity contribution in [3.05, 3.63) is 0 Å². The molecule has 1 rings (SSSR count). The van der Waals surface area contributed by atoms with Gasteiger partial charge in [0.25, 0.3) is 0 Å². The van der Waals surface area contributed by atoms with Crippen molar-refractivity contribution in [2.45, 2.75) is 58.2 Å². The SMILES string of the molecule is CCC(C)C1CCC(NC(=O)OCC(F)(F)F)CC1.[HH]. The van der Waals surface area contributed by atoms with Crippen LogP contribution in [-0.2, 0) is 4.74 Å². The Bertz CT molecular complexity index is 292. The minimum absolute atomic E-state index is 0. The summed E-state index contributed by atoms with van der Waals surface area (Å²) in [5.41, 5.74) is 0. The average Bonchev–Trinajstić information content (AvgIpc) is 2.35. The summed E-state index contributed by atoms with van der Waals surface area (Å²) in [6, 6.07) is -0.0546. The van der Waals surface area contributed by atoms with Crippen LogP contribution in [0.1, 0.15) is 47.4 Å². The molecular formula is C13H24F3NO2. The van der Waals surface area contributed by atoms with E-state index < -0.39 is 18.9 Å². The third-order valence-electron chi connectivity index (χ3n) is 3.91. The van der Waals surface area contributed by atoms with Gasteiger partial charge in [0, 0.05) is 7.47 Å². The standard InChI is InChI=1S/C13H22F3NO2.H2/c1-3-9(2)10-4-6-11(7-5-10)17-12(18)19-8-13(14,15)16;/h9-11H,3-8H2,1-2H3,(H,17,18);1H. The van der Waals surface area contributed by atoms with Crippen molar-refractivity contribution in [2.75, 3.05) is 6.61 Å². The zero-order valence-electron chi connectivity index (χ0n) is 11.4. The van der Waals surface area contributed by atoms with Gasteiger partial charge in [0.05, 0.1) is 0 Å². The highest BCUT2D eigenvalue weighted by atomic mass is 19.4. The molecular weight excluding hydrogens is 259 g/mol. The van der Waals surface area contributed by atoms with E-state index in [1.165, 1.54) is 0 Å². The first kappa shape index (κ1) is 16.1. The molecule has 0 aromatic heterocycles. The molecule has 1 aliphatic carbocycles. The molecule has 1 saturated carbocycles. The second kappa shape index (κ2) is 7.01. The predicted octanol–water partition coefficient (Wildman–Crippen LogP) is 4.13.